The average molecular weight is 929 g/mol. The fourth-order valence-electron chi connectivity index (χ4n) is 7.13. The lowest BCUT2D eigenvalue weighted by molar-refractivity contribution is -0.167. The molecular formula is C61H100O6. The highest BCUT2D eigenvalue weighted by Crippen LogP contribution is 2.13. The van der Waals surface area contributed by atoms with Gasteiger partial charge in [0.15, 0.2) is 6.10 Å². The second-order valence-electron chi connectivity index (χ2n) is 17.7. The van der Waals surface area contributed by atoms with Gasteiger partial charge in [-0.05, 0) is 122 Å². The van der Waals surface area contributed by atoms with Crippen LogP contribution in [0.1, 0.15) is 239 Å². The van der Waals surface area contributed by atoms with Gasteiger partial charge in [-0.3, -0.25) is 14.4 Å². The second kappa shape index (κ2) is 54.7. The molecule has 0 spiro atoms. The van der Waals surface area contributed by atoms with Crippen molar-refractivity contribution >= 4 is 17.9 Å². The van der Waals surface area contributed by atoms with Gasteiger partial charge in [0.25, 0.3) is 0 Å². The Morgan fingerprint density at radius 1 is 0.313 bits per heavy atom. The zero-order valence-electron chi connectivity index (χ0n) is 43.4. The average Bonchev–Trinajstić information content (AvgIpc) is 3.33. The fraction of sp³-hybridized carbons (Fsp3) is 0.656. The van der Waals surface area contributed by atoms with E-state index in [4.69, 9.17) is 14.2 Å². The van der Waals surface area contributed by atoms with E-state index in [1.165, 1.54) is 77.0 Å². The maximum absolute atomic E-state index is 12.8. The quantitative estimate of drug-likeness (QED) is 0.0262. The van der Waals surface area contributed by atoms with E-state index in [1.54, 1.807) is 0 Å². The van der Waals surface area contributed by atoms with E-state index in [1.807, 2.05) is 0 Å². The van der Waals surface area contributed by atoms with Gasteiger partial charge in [-0.15, -0.1) is 0 Å². The lowest BCUT2D eigenvalue weighted by atomic mass is 10.1. The van der Waals surface area contributed by atoms with Crippen LogP contribution >= 0.6 is 0 Å². The summed E-state index contributed by atoms with van der Waals surface area (Å²) in [6, 6.07) is 0. The Labute approximate surface area is 412 Å². The fourth-order valence-corrected chi connectivity index (χ4v) is 7.13. The van der Waals surface area contributed by atoms with Crippen LogP contribution in [0.15, 0.2) is 109 Å². The van der Waals surface area contributed by atoms with Crippen molar-refractivity contribution in [2.75, 3.05) is 13.2 Å². The molecule has 0 bridgehead atoms. The zero-order chi connectivity index (χ0) is 48.6. The van der Waals surface area contributed by atoms with Gasteiger partial charge in [-0.2, -0.15) is 0 Å². The van der Waals surface area contributed by atoms with Gasteiger partial charge in [-0.25, -0.2) is 0 Å². The van der Waals surface area contributed by atoms with Crippen molar-refractivity contribution in [3.8, 4) is 0 Å². The largest absolute Gasteiger partial charge is 0.462 e. The zero-order valence-corrected chi connectivity index (χ0v) is 43.4. The lowest BCUT2D eigenvalue weighted by Gasteiger charge is -2.18. The van der Waals surface area contributed by atoms with E-state index in [2.05, 4.69) is 130 Å². The number of unbranched alkanes of at least 4 members (excludes halogenated alkanes) is 19. The predicted molar refractivity (Wildman–Crippen MR) is 288 cm³/mol. The summed E-state index contributed by atoms with van der Waals surface area (Å²) in [4.78, 5) is 38.1. The van der Waals surface area contributed by atoms with E-state index in [0.717, 1.165) is 116 Å². The molecule has 380 valence electrons. The van der Waals surface area contributed by atoms with E-state index in [-0.39, 0.29) is 44.0 Å². The number of rotatable bonds is 48. The Hall–Kier alpha value is -3.93. The highest BCUT2D eigenvalue weighted by Gasteiger charge is 2.19. The lowest BCUT2D eigenvalue weighted by Crippen LogP contribution is -2.30. The van der Waals surface area contributed by atoms with Crippen molar-refractivity contribution in [3.05, 3.63) is 109 Å². The number of ether oxygens (including phenoxy) is 3. The molecule has 1 atom stereocenters. The first kappa shape index (κ1) is 63.1. The molecule has 0 aromatic heterocycles. The van der Waals surface area contributed by atoms with E-state index in [9.17, 15) is 14.4 Å². The first-order valence-electron chi connectivity index (χ1n) is 27.4. The van der Waals surface area contributed by atoms with Gasteiger partial charge >= 0.3 is 17.9 Å². The standard InChI is InChI=1S/C61H100O6/c1-4-7-10-13-16-19-22-25-28-30-33-36-39-42-45-48-51-54-60(63)66-57-58(56-65-59(62)53-50-47-44-41-38-35-32-27-24-21-18-15-12-9-6-3)67-61(64)55-52-49-46-43-40-37-34-31-29-26-23-20-17-14-11-8-5-2/h8,11,16-17,19-20,25-29,32-34,36-37,42,45,58H,4-7,9-10,12-15,18,21-24,30-31,35,38-41,43-44,46-57H2,1-3H3/b11-8-,19-16-,20-17-,28-25-,29-26-,32-27-,36-33-,37-34-,45-42-/t58-/m0/s1. The molecule has 0 aromatic rings. The first-order valence-corrected chi connectivity index (χ1v) is 27.4. The minimum Gasteiger partial charge on any atom is -0.462 e. The Morgan fingerprint density at radius 2 is 0.597 bits per heavy atom. The molecule has 0 aliphatic heterocycles. The summed E-state index contributed by atoms with van der Waals surface area (Å²) in [6.07, 6.45) is 73.6. The maximum atomic E-state index is 12.8. The molecule has 0 saturated heterocycles. The van der Waals surface area contributed by atoms with Crippen molar-refractivity contribution in [2.24, 2.45) is 0 Å². The smallest absolute Gasteiger partial charge is 0.306 e. The van der Waals surface area contributed by atoms with E-state index in [0.29, 0.717) is 12.8 Å². The molecule has 0 aromatic carbocycles. The molecule has 0 radical (unpaired) electrons. The Morgan fingerprint density at radius 3 is 1.01 bits per heavy atom. The normalized spacial score (nSPS) is 12.9. The van der Waals surface area contributed by atoms with Crippen molar-refractivity contribution in [2.45, 2.75) is 245 Å². The second-order valence-corrected chi connectivity index (χ2v) is 17.7. The summed E-state index contributed by atoms with van der Waals surface area (Å²) in [7, 11) is 0. The van der Waals surface area contributed by atoms with Gasteiger partial charge in [0.1, 0.15) is 13.2 Å². The van der Waals surface area contributed by atoms with Crippen molar-refractivity contribution < 1.29 is 28.6 Å². The van der Waals surface area contributed by atoms with Gasteiger partial charge in [0.2, 0.25) is 0 Å². The first-order chi connectivity index (χ1) is 33.0. The summed E-state index contributed by atoms with van der Waals surface area (Å²) < 4.78 is 16.8. The summed E-state index contributed by atoms with van der Waals surface area (Å²) >= 11 is 0. The highest BCUT2D eigenvalue weighted by atomic mass is 16.6. The number of carbonyl (C=O) groups excluding carboxylic acids is 3. The molecule has 0 aliphatic rings. The SMILES string of the molecule is CC/C=C\C/C=C\C/C=C\C/C=C\CCCCCCC(=O)O[C@H](COC(=O)CCC/C=C\C/C=C\C/C=C\C/C=C\CCCCC)COC(=O)CCCCCCC/C=C\CCCCCCCC. The Bertz CT molecular complexity index is 1390. The molecule has 0 N–H and O–H groups in total. The van der Waals surface area contributed by atoms with Gasteiger partial charge in [0, 0.05) is 19.3 Å². The maximum Gasteiger partial charge on any atom is 0.306 e. The monoisotopic (exact) mass is 929 g/mol. The molecule has 6 heteroatoms. The molecular weight excluding hydrogens is 829 g/mol. The third-order valence-electron chi connectivity index (χ3n) is 11.2. The third kappa shape index (κ3) is 52.9. The number of esters is 3. The van der Waals surface area contributed by atoms with Crippen LogP contribution in [0.2, 0.25) is 0 Å². The molecule has 0 rings (SSSR count). The van der Waals surface area contributed by atoms with Crippen LogP contribution in [0.5, 0.6) is 0 Å². The van der Waals surface area contributed by atoms with Crippen LogP contribution in [-0.2, 0) is 28.6 Å². The number of hydrogen-bond donors (Lipinski definition) is 0. The molecule has 67 heavy (non-hydrogen) atoms. The van der Waals surface area contributed by atoms with Gasteiger partial charge < -0.3 is 14.2 Å². The van der Waals surface area contributed by atoms with Gasteiger partial charge in [0.05, 0.1) is 0 Å². The molecule has 0 aliphatic carbocycles. The van der Waals surface area contributed by atoms with Gasteiger partial charge in [-0.1, -0.05) is 207 Å². The van der Waals surface area contributed by atoms with E-state index >= 15 is 0 Å². The van der Waals surface area contributed by atoms with Crippen LogP contribution < -0.4 is 0 Å². The number of allylic oxidation sites excluding steroid dienone is 18. The summed E-state index contributed by atoms with van der Waals surface area (Å²) in [5.74, 6) is -1.00. The highest BCUT2D eigenvalue weighted by molar-refractivity contribution is 5.71. The van der Waals surface area contributed by atoms with Crippen molar-refractivity contribution in [3.63, 3.8) is 0 Å². The molecule has 0 heterocycles. The minimum absolute atomic E-state index is 0.111. The molecule has 0 amide bonds. The van der Waals surface area contributed by atoms with Crippen LogP contribution in [0.3, 0.4) is 0 Å². The molecule has 6 nitrogen and oxygen atoms in total. The number of hydrogen-bond acceptors (Lipinski definition) is 6. The minimum atomic E-state index is -0.818. The van der Waals surface area contributed by atoms with Crippen molar-refractivity contribution in [1.82, 2.24) is 0 Å². The summed E-state index contributed by atoms with van der Waals surface area (Å²) in [6.45, 7) is 6.41. The number of carbonyl (C=O) groups is 3. The van der Waals surface area contributed by atoms with Crippen LogP contribution in [0, 0.1) is 0 Å². The molecule has 0 unspecified atom stereocenters. The molecule has 0 fully saturated rings. The Kier molecular flexibility index (Phi) is 51.5. The van der Waals surface area contributed by atoms with Crippen LogP contribution in [-0.4, -0.2) is 37.2 Å². The van der Waals surface area contributed by atoms with Crippen LogP contribution in [0.4, 0.5) is 0 Å². The van der Waals surface area contributed by atoms with Crippen LogP contribution in [0.25, 0.3) is 0 Å². The third-order valence-corrected chi connectivity index (χ3v) is 11.2. The Balaban J connectivity index is 4.55. The summed E-state index contributed by atoms with van der Waals surface area (Å²) in [5, 5.41) is 0. The van der Waals surface area contributed by atoms with E-state index < -0.39 is 6.10 Å². The van der Waals surface area contributed by atoms with Crippen molar-refractivity contribution in [1.29, 1.82) is 0 Å². The summed E-state index contributed by atoms with van der Waals surface area (Å²) in [5.41, 5.74) is 0. The molecule has 0 saturated carbocycles. The predicted octanol–water partition coefficient (Wildman–Crippen LogP) is 18.3. The topological polar surface area (TPSA) is 78.9 Å².